The van der Waals surface area contributed by atoms with E-state index in [9.17, 15) is 19.5 Å². The molecule has 0 saturated heterocycles. The van der Waals surface area contributed by atoms with Gasteiger partial charge in [-0.3, -0.25) is 0 Å². The van der Waals surface area contributed by atoms with Crippen molar-refractivity contribution in [2.45, 2.75) is 31.4 Å². The Bertz CT molecular complexity index is 1170. The van der Waals surface area contributed by atoms with E-state index < -0.39 is 24.2 Å². The van der Waals surface area contributed by atoms with Gasteiger partial charge in [-0.15, -0.1) is 0 Å². The normalized spacial score (nSPS) is 12.7. The number of aliphatic carboxylic acids is 1. The van der Waals surface area contributed by atoms with Crippen LogP contribution in [0.15, 0.2) is 78.9 Å². The molecule has 3 N–H and O–H groups in total. The van der Waals surface area contributed by atoms with Gasteiger partial charge in [-0.25, -0.2) is 14.4 Å². The second-order valence-electron chi connectivity index (χ2n) is 8.49. The number of alkyl carbamates (subject to hydrolysis) is 2. The van der Waals surface area contributed by atoms with Crippen molar-refractivity contribution in [1.29, 1.82) is 0 Å². The summed E-state index contributed by atoms with van der Waals surface area (Å²) in [5.74, 6) is -1.28. The summed E-state index contributed by atoms with van der Waals surface area (Å²) in [7, 11) is 0. The van der Waals surface area contributed by atoms with Crippen molar-refractivity contribution in [2.24, 2.45) is 0 Å². The highest BCUT2D eigenvalue weighted by Gasteiger charge is 2.29. The predicted molar refractivity (Wildman–Crippen MR) is 133 cm³/mol. The van der Waals surface area contributed by atoms with Gasteiger partial charge in [0.1, 0.15) is 19.3 Å². The molecule has 1 aliphatic rings. The Morgan fingerprint density at radius 2 is 1.42 bits per heavy atom. The average molecular weight is 489 g/mol. The smallest absolute Gasteiger partial charge is 0.407 e. The third kappa shape index (κ3) is 6.21. The standard InChI is InChI=1S/C28H28N2O6/c31-26(32)25(15-8-16-29-27(33)35-17-19-9-2-1-3-10-19)30-28(34)36-18-24-22-13-6-4-11-20(22)21-12-5-7-14-23(21)24/h1-7,9-14,24-25H,8,15-18H2,(H,29,33)(H,30,34)(H,31,32)/t25-/m1/s1. The molecule has 2 amide bonds. The summed E-state index contributed by atoms with van der Waals surface area (Å²) in [6, 6.07) is 24.1. The van der Waals surface area contributed by atoms with Gasteiger partial charge in [0.05, 0.1) is 0 Å². The fourth-order valence-electron chi connectivity index (χ4n) is 4.31. The maximum atomic E-state index is 12.4. The molecule has 0 saturated carbocycles. The van der Waals surface area contributed by atoms with Gasteiger partial charge in [-0.1, -0.05) is 78.9 Å². The van der Waals surface area contributed by atoms with Gasteiger partial charge < -0.3 is 25.2 Å². The van der Waals surface area contributed by atoms with Crippen LogP contribution in [0.4, 0.5) is 9.59 Å². The SMILES string of the molecule is O=C(NCCC[C@@H](NC(=O)OCC1c2ccccc2-c2ccccc21)C(=O)O)OCc1ccccc1. The Morgan fingerprint density at radius 1 is 0.806 bits per heavy atom. The molecule has 0 unspecified atom stereocenters. The molecule has 0 bridgehead atoms. The van der Waals surface area contributed by atoms with Gasteiger partial charge in [0, 0.05) is 12.5 Å². The zero-order valence-corrected chi connectivity index (χ0v) is 19.7. The average Bonchev–Trinajstić information content (AvgIpc) is 3.22. The fourth-order valence-corrected chi connectivity index (χ4v) is 4.31. The number of carboxylic acid groups (broad SMARTS) is 1. The van der Waals surface area contributed by atoms with Crippen LogP contribution in [0.5, 0.6) is 0 Å². The fraction of sp³-hybridized carbons (Fsp3) is 0.250. The van der Waals surface area contributed by atoms with Gasteiger partial charge >= 0.3 is 18.2 Å². The van der Waals surface area contributed by atoms with Crippen molar-refractivity contribution >= 4 is 18.2 Å². The van der Waals surface area contributed by atoms with E-state index >= 15 is 0 Å². The second kappa shape index (κ2) is 11.9. The van der Waals surface area contributed by atoms with Gasteiger partial charge in [0.2, 0.25) is 0 Å². The molecule has 4 rings (SSSR count). The summed E-state index contributed by atoms with van der Waals surface area (Å²) in [5, 5.41) is 14.5. The number of amides is 2. The molecule has 1 aliphatic carbocycles. The summed E-state index contributed by atoms with van der Waals surface area (Å²) in [6.07, 6.45) is -0.922. The Hall–Kier alpha value is -4.33. The summed E-state index contributed by atoms with van der Waals surface area (Å²) >= 11 is 0. The second-order valence-corrected chi connectivity index (χ2v) is 8.49. The third-order valence-electron chi connectivity index (χ3n) is 6.09. The number of carboxylic acids is 1. The van der Waals surface area contributed by atoms with Crippen molar-refractivity contribution in [3.8, 4) is 11.1 Å². The van der Waals surface area contributed by atoms with Crippen LogP contribution < -0.4 is 10.6 Å². The Kier molecular flexibility index (Phi) is 8.18. The Morgan fingerprint density at radius 3 is 2.06 bits per heavy atom. The number of rotatable bonds is 10. The molecule has 186 valence electrons. The lowest BCUT2D eigenvalue weighted by Crippen LogP contribution is -2.42. The van der Waals surface area contributed by atoms with Crippen LogP contribution in [0, 0.1) is 0 Å². The van der Waals surface area contributed by atoms with Crippen molar-refractivity contribution < 1.29 is 29.0 Å². The van der Waals surface area contributed by atoms with Gasteiger partial charge in [0.25, 0.3) is 0 Å². The van der Waals surface area contributed by atoms with Crippen molar-refractivity contribution in [3.05, 3.63) is 95.6 Å². The summed E-state index contributed by atoms with van der Waals surface area (Å²) < 4.78 is 10.6. The summed E-state index contributed by atoms with van der Waals surface area (Å²) in [6.45, 7) is 0.457. The van der Waals surface area contributed by atoms with E-state index in [1.54, 1.807) is 0 Å². The van der Waals surface area contributed by atoms with Crippen LogP contribution in [0.3, 0.4) is 0 Å². The lowest BCUT2D eigenvalue weighted by molar-refractivity contribution is -0.139. The first-order valence-corrected chi connectivity index (χ1v) is 11.8. The number of nitrogens with one attached hydrogen (secondary N) is 2. The highest BCUT2D eigenvalue weighted by molar-refractivity contribution is 5.81. The molecule has 3 aromatic rings. The van der Waals surface area contributed by atoms with Crippen molar-refractivity contribution in [2.75, 3.05) is 13.2 Å². The first-order valence-electron chi connectivity index (χ1n) is 11.8. The first kappa shape index (κ1) is 24.8. The molecule has 0 radical (unpaired) electrons. The minimum atomic E-state index is -1.17. The molecule has 8 nitrogen and oxygen atoms in total. The van der Waals surface area contributed by atoms with Gasteiger partial charge in [0.15, 0.2) is 0 Å². The predicted octanol–water partition coefficient (Wildman–Crippen LogP) is 4.68. The monoisotopic (exact) mass is 488 g/mol. The minimum Gasteiger partial charge on any atom is -0.480 e. The molecule has 0 spiro atoms. The lowest BCUT2D eigenvalue weighted by atomic mass is 9.98. The molecule has 36 heavy (non-hydrogen) atoms. The van der Waals surface area contributed by atoms with Crippen LogP contribution in [-0.4, -0.2) is 42.5 Å². The molecule has 1 atom stereocenters. The van der Waals surface area contributed by atoms with Crippen molar-refractivity contribution in [1.82, 2.24) is 10.6 Å². The molecule has 0 heterocycles. The highest BCUT2D eigenvalue weighted by Crippen LogP contribution is 2.44. The van der Waals surface area contributed by atoms with Crippen LogP contribution in [0.1, 0.15) is 35.4 Å². The Balaban J connectivity index is 1.21. The maximum absolute atomic E-state index is 12.4. The van der Waals surface area contributed by atoms with E-state index in [-0.39, 0.29) is 32.1 Å². The number of hydrogen-bond acceptors (Lipinski definition) is 5. The van der Waals surface area contributed by atoms with E-state index in [0.717, 1.165) is 27.8 Å². The molecule has 0 aliphatic heterocycles. The number of carbonyl (C=O) groups excluding carboxylic acids is 2. The molecular weight excluding hydrogens is 460 g/mol. The van der Waals surface area contributed by atoms with Crippen molar-refractivity contribution in [3.63, 3.8) is 0 Å². The molecule has 3 aromatic carbocycles. The van der Waals surface area contributed by atoms with Crippen LogP contribution in [-0.2, 0) is 20.9 Å². The van der Waals surface area contributed by atoms with Crippen LogP contribution in [0.25, 0.3) is 11.1 Å². The molecule has 0 fully saturated rings. The lowest BCUT2D eigenvalue weighted by Gasteiger charge is -2.17. The quantitative estimate of drug-likeness (QED) is 0.357. The van der Waals surface area contributed by atoms with E-state index in [0.29, 0.717) is 6.42 Å². The largest absolute Gasteiger partial charge is 0.480 e. The zero-order valence-electron chi connectivity index (χ0n) is 19.7. The number of carbonyl (C=O) groups is 3. The van der Waals surface area contributed by atoms with Gasteiger partial charge in [-0.05, 0) is 40.7 Å². The first-order chi connectivity index (χ1) is 17.5. The van der Waals surface area contributed by atoms with Gasteiger partial charge in [-0.2, -0.15) is 0 Å². The molecule has 8 heteroatoms. The number of benzene rings is 3. The van der Waals surface area contributed by atoms with E-state index in [4.69, 9.17) is 9.47 Å². The summed E-state index contributed by atoms with van der Waals surface area (Å²) in [4.78, 5) is 35.9. The van der Waals surface area contributed by atoms with E-state index in [1.807, 2.05) is 78.9 Å². The van der Waals surface area contributed by atoms with Crippen LogP contribution >= 0.6 is 0 Å². The van der Waals surface area contributed by atoms with Crippen LogP contribution in [0.2, 0.25) is 0 Å². The topological polar surface area (TPSA) is 114 Å². The highest BCUT2D eigenvalue weighted by atomic mass is 16.6. The maximum Gasteiger partial charge on any atom is 0.407 e. The Labute approximate surface area is 209 Å². The number of ether oxygens (including phenoxy) is 2. The third-order valence-corrected chi connectivity index (χ3v) is 6.09. The molecular formula is C28H28N2O6. The summed E-state index contributed by atoms with van der Waals surface area (Å²) in [5.41, 5.74) is 5.24. The minimum absolute atomic E-state index is 0.0982. The van der Waals surface area contributed by atoms with E-state index in [1.165, 1.54) is 0 Å². The van der Waals surface area contributed by atoms with E-state index in [2.05, 4.69) is 10.6 Å². The number of fused-ring (bicyclic) bond motifs is 3. The zero-order chi connectivity index (χ0) is 25.3. The number of hydrogen-bond donors (Lipinski definition) is 3. The molecule has 0 aromatic heterocycles.